The molecule has 0 saturated heterocycles. The maximum atomic E-state index is 13.1. The first kappa shape index (κ1) is 22.1. The number of aromatic nitrogens is 2. The Labute approximate surface area is 195 Å². The topological polar surface area (TPSA) is 85.1 Å². The summed E-state index contributed by atoms with van der Waals surface area (Å²) in [6.07, 6.45) is 0. The van der Waals surface area contributed by atoms with Crippen molar-refractivity contribution in [3.8, 4) is 5.69 Å². The summed E-state index contributed by atoms with van der Waals surface area (Å²) >= 11 is 5.88. The third-order valence-corrected chi connectivity index (χ3v) is 5.57. The fourth-order valence-corrected chi connectivity index (χ4v) is 3.60. The summed E-state index contributed by atoms with van der Waals surface area (Å²) in [5.74, 6) is -0.887. The molecule has 0 spiro atoms. The fraction of sp³-hybridized carbons (Fsp3) is 0.0800. The average Bonchev–Trinajstić information content (AvgIpc) is 3.03. The minimum Gasteiger partial charge on any atom is -0.321 e. The van der Waals surface area contributed by atoms with Gasteiger partial charge in [-0.05, 0) is 55.5 Å². The van der Waals surface area contributed by atoms with E-state index in [0.717, 1.165) is 0 Å². The molecule has 0 saturated carbocycles. The smallest absolute Gasteiger partial charge is 0.295 e. The van der Waals surface area contributed by atoms with E-state index in [1.54, 1.807) is 67.2 Å². The molecular formula is C25H21ClN4O3. The summed E-state index contributed by atoms with van der Waals surface area (Å²) in [5, 5.41) is 6.00. The Kier molecular flexibility index (Phi) is 6.15. The Morgan fingerprint density at radius 3 is 2.15 bits per heavy atom. The SMILES string of the molecule is Cc1c(NC(=O)c2ccccc2NC(=O)c2ccc(Cl)cc2)c(=O)n(-c2ccccc2)n1C. The minimum atomic E-state index is -0.506. The number of carbonyl (C=O) groups excluding carboxylic acids is 2. The Bertz CT molecular complexity index is 1390. The Hall–Kier alpha value is -4.10. The standard InChI is InChI=1S/C25H21ClN4O3/c1-16-22(25(33)30(29(16)2)19-8-4-3-5-9-19)28-24(32)20-10-6-7-11-21(20)27-23(31)17-12-14-18(26)15-13-17/h3-15H,1-2H3,(H,27,31)(H,28,32). The van der Waals surface area contributed by atoms with Gasteiger partial charge in [-0.1, -0.05) is 41.9 Å². The Balaban J connectivity index is 1.62. The molecule has 0 aliphatic carbocycles. The van der Waals surface area contributed by atoms with Crippen molar-refractivity contribution >= 4 is 34.8 Å². The Morgan fingerprint density at radius 1 is 0.818 bits per heavy atom. The van der Waals surface area contributed by atoms with Crippen LogP contribution >= 0.6 is 11.6 Å². The molecule has 0 aliphatic rings. The van der Waals surface area contributed by atoms with E-state index in [-0.39, 0.29) is 22.7 Å². The lowest BCUT2D eigenvalue weighted by Crippen LogP contribution is -2.23. The second-order valence-electron chi connectivity index (χ2n) is 7.40. The molecule has 7 nitrogen and oxygen atoms in total. The number of carbonyl (C=O) groups is 2. The number of rotatable bonds is 5. The molecule has 0 fully saturated rings. The molecule has 4 aromatic rings. The van der Waals surface area contributed by atoms with Gasteiger partial charge in [-0.25, -0.2) is 4.68 Å². The van der Waals surface area contributed by atoms with Crippen molar-refractivity contribution < 1.29 is 9.59 Å². The first-order valence-corrected chi connectivity index (χ1v) is 10.6. The number of amides is 2. The molecule has 1 heterocycles. The number of hydrogen-bond donors (Lipinski definition) is 2. The van der Waals surface area contributed by atoms with Crippen LogP contribution in [0.4, 0.5) is 11.4 Å². The third-order valence-electron chi connectivity index (χ3n) is 5.32. The largest absolute Gasteiger partial charge is 0.321 e. The maximum absolute atomic E-state index is 13.1. The average molecular weight is 461 g/mol. The zero-order valence-corrected chi connectivity index (χ0v) is 18.8. The van der Waals surface area contributed by atoms with Gasteiger partial charge in [0.05, 0.1) is 22.6 Å². The van der Waals surface area contributed by atoms with Crippen molar-refractivity contribution in [1.29, 1.82) is 0 Å². The van der Waals surface area contributed by atoms with E-state index < -0.39 is 5.91 Å². The number of para-hydroxylation sites is 2. The molecule has 0 aliphatic heterocycles. The summed E-state index contributed by atoms with van der Waals surface area (Å²) in [5.41, 5.74) is 2.06. The first-order chi connectivity index (χ1) is 15.9. The van der Waals surface area contributed by atoms with Crippen LogP contribution in [-0.4, -0.2) is 21.2 Å². The van der Waals surface area contributed by atoms with E-state index in [0.29, 0.717) is 27.7 Å². The van der Waals surface area contributed by atoms with Gasteiger partial charge < -0.3 is 10.6 Å². The van der Waals surface area contributed by atoms with Gasteiger partial charge in [0, 0.05) is 17.6 Å². The lowest BCUT2D eigenvalue weighted by atomic mass is 10.1. The number of halogens is 1. The van der Waals surface area contributed by atoms with Crippen molar-refractivity contribution in [2.24, 2.45) is 7.05 Å². The van der Waals surface area contributed by atoms with Crippen LogP contribution < -0.4 is 16.2 Å². The van der Waals surface area contributed by atoms with Crippen LogP contribution in [0.5, 0.6) is 0 Å². The van der Waals surface area contributed by atoms with E-state index in [1.165, 1.54) is 4.68 Å². The van der Waals surface area contributed by atoms with Crippen LogP contribution in [0.15, 0.2) is 83.7 Å². The van der Waals surface area contributed by atoms with Crippen molar-refractivity contribution in [2.45, 2.75) is 6.92 Å². The van der Waals surface area contributed by atoms with Crippen LogP contribution in [0.25, 0.3) is 5.69 Å². The molecule has 166 valence electrons. The molecule has 0 radical (unpaired) electrons. The van der Waals surface area contributed by atoms with Crippen molar-refractivity contribution in [3.63, 3.8) is 0 Å². The highest BCUT2D eigenvalue weighted by Crippen LogP contribution is 2.20. The molecule has 8 heteroatoms. The molecule has 0 atom stereocenters. The van der Waals surface area contributed by atoms with Crippen LogP contribution in [0, 0.1) is 6.92 Å². The van der Waals surface area contributed by atoms with Crippen LogP contribution in [0.2, 0.25) is 5.02 Å². The van der Waals surface area contributed by atoms with Gasteiger partial charge in [-0.15, -0.1) is 0 Å². The molecule has 4 rings (SSSR count). The summed E-state index contributed by atoms with van der Waals surface area (Å²) < 4.78 is 3.17. The molecule has 0 bridgehead atoms. The van der Waals surface area contributed by atoms with Crippen LogP contribution in [-0.2, 0) is 7.05 Å². The number of nitrogens with one attached hydrogen (secondary N) is 2. The first-order valence-electron chi connectivity index (χ1n) is 10.2. The summed E-state index contributed by atoms with van der Waals surface area (Å²) in [4.78, 5) is 38.9. The highest BCUT2D eigenvalue weighted by Gasteiger charge is 2.20. The fourth-order valence-electron chi connectivity index (χ4n) is 3.48. The van der Waals surface area contributed by atoms with E-state index in [4.69, 9.17) is 11.6 Å². The zero-order valence-electron chi connectivity index (χ0n) is 18.0. The number of hydrogen-bond acceptors (Lipinski definition) is 3. The predicted molar refractivity (Wildman–Crippen MR) is 130 cm³/mol. The van der Waals surface area contributed by atoms with E-state index in [9.17, 15) is 14.4 Å². The van der Waals surface area contributed by atoms with Gasteiger partial charge >= 0.3 is 0 Å². The van der Waals surface area contributed by atoms with Gasteiger partial charge in [-0.3, -0.25) is 19.1 Å². The van der Waals surface area contributed by atoms with Crippen LogP contribution in [0.1, 0.15) is 26.4 Å². The third kappa shape index (κ3) is 4.44. The zero-order chi connectivity index (χ0) is 23.5. The molecule has 1 aromatic heterocycles. The summed E-state index contributed by atoms with van der Waals surface area (Å²) in [7, 11) is 1.75. The lowest BCUT2D eigenvalue weighted by Gasteiger charge is -2.11. The second kappa shape index (κ2) is 9.18. The van der Waals surface area contributed by atoms with Crippen molar-refractivity contribution in [1.82, 2.24) is 9.36 Å². The molecule has 0 unspecified atom stereocenters. The molecule has 33 heavy (non-hydrogen) atoms. The van der Waals surface area contributed by atoms with E-state index >= 15 is 0 Å². The quantitative estimate of drug-likeness (QED) is 0.455. The van der Waals surface area contributed by atoms with Gasteiger partial charge in [0.1, 0.15) is 5.69 Å². The molecule has 2 N–H and O–H groups in total. The van der Waals surface area contributed by atoms with Crippen molar-refractivity contribution in [3.05, 3.63) is 111 Å². The van der Waals surface area contributed by atoms with Crippen molar-refractivity contribution in [2.75, 3.05) is 10.6 Å². The van der Waals surface area contributed by atoms with Crippen LogP contribution in [0.3, 0.4) is 0 Å². The second-order valence-corrected chi connectivity index (χ2v) is 7.83. The predicted octanol–water partition coefficient (Wildman–Crippen LogP) is 4.64. The van der Waals surface area contributed by atoms with E-state index in [2.05, 4.69) is 10.6 Å². The number of nitrogens with zero attached hydrogens (tertiary/aromatic N) is 2. The van der Waals surface area contributed by atoms with Gasteiger partial charge in [-0.2, -0.15) is 0 Å². The monoisotopic (exact) mass is 460 g/mol. The normalized spacial score (nSPS) is 10.6. The molecular weight excluding hydrogens is 440 g/mol. The number of benzene rings is 3. The maximum Gasteiger partial charge on any atom is 0.295 e. The Morgan fingerprint density at radius 2 is 1.45 bits per heavy atom. The van der Waals surface area contributed by atoms with E-state index in [1.807, 2.05) is 30.3 Å². The summed E-state index contributed by atoms with van der Waals surface area (Å²) in [6, 6.07) is 22.2. The lowest BCUT2D eigenvalue weighted by molar-refractivity contribution is 0.102. The van der Waals surface area contributed by atoms with Gasteiger partial charge in [0.2, 0.25) is 0 Å². The highest BCUT2D eigenvalue weighted by molar-refractivity contribution is 6.30. The summed E-state index contributed by atoms with van der Waals surface area (Å²) in [6.45, 7) is 1.75. The van der Waals surface area contributed by atoms with Gasteiger partial charge in [0.25, 0.3) is 17.4 Å². The molecule has 3 aromatic carbocycles. The number of anilines is 2. The molecule has 2 amide bonds. The highest BCUT2D eigenvalue weighted by atomic mass is 35.5. The van der Waals surface area contributed by atoms with Gasteiger partial charge in [0.15, 0.2) is 0 Å². The minimum absolute atomic E-state index is 0.171.